The molecule has 0 bridgehead atoms. The number of carbonyl (C=O) groups is 1. The second kappa shape index (κ2) is 9.74. The van der Waals surface area contributed by atoms with Gasteiger partial charge in [0.15, 0.2) is 0 Å². The second-order valence-corrected chi connectivity index (χ2v) is 7.62. The summed E-state index contributed by atoms with van der Waals surface area (Å²) >= 11 is 13.9. The highest BCUT2D eigenvalue weighted by Crippen LogP contribution is 2.30. The van der Waals surface area contributed by atoms with E-state index in [0.29, 0.717) is 18.1 Å². The molecule has 1 aromatic rings. The molecular formula is C16H23Cl2N3OS. The molecule has 0 spiro atoms. The van der Waals surface area contributed by atoms with Gasteiger partial charge < -0.3 is 16.0 Å². The third kappa shape index (κ3) is 6.16. The molecule has 0 aliphatic carbocycles. The van der Waals surface area contributed by atoms with Crippen LogP contribution in [0.2, 0.25) is 10.0 Å². The molecule has 0 aromatic heterocycles. The van der Waals surface area contributed by atoms with Crippen LogP contribution in [0.15, 0.2) is 23.1 Å². The summed E-state index contributed by atoms with van der Waals surface area (Å²) in [6, 6.07) is 5.52. The zero-order valence-corrected chi connectivity index (χ0v) is 15.4. The smallest absolute Gasteiger partial charge is 0.224 e. The first kappa shape index (κ1) is 18.9. The fraction of sp³-hybridized carbons (Fsp3) is 0.562. The van der Waals surface area contributed by atoms with Gasteiger partial charge >= 0.3 is 0 Å². The van der Waals surface area contributed by atoms with E-state index >= 15 is 0 Å². The third-order valence-electron chi connectivity index (χ3n) is 3.88. The summed E-state index contributed by atoms with van der Waals surface area (Å²) in [7, 11) is 0. The lowest BCUT2D eigenvalue weighted by Gasteiger charge is -2.31. The van der Waals surface area contributed by atoms with Crippen LogP contribution in [0, 0.1) is 5.92 Å². The van der Waals surface area contributed by atoms with Crippen molar-refractivity contribution in [1.82, 2.24) is 10.2 Å². The molecule has 0 saturated carbocycles. The summed E-state index contributed by atoms with van der Waals surface area (Å²) in [6.07, 6.45) is 2.02. The third-order valence-corrected chi connectivity index (χ3v) is 5.59. The first-order valence-corrected chi connectivity index (χ1v) is 9.62. The number of carbonyl (C=O) groups excluding carboxylic acids is 1. The summed E-state index contributed by atoms with van der Waals surface area (Å²) in [5, 5.41) is 4.32. The highest BCUT2D eigenvalue weighted by molar-refractivity contribution is 7.99. The van der Waals surface area contributed by atoms with Crippen LogP contribution in [0.1, 0.15) is 12.8 Å². The van der Waals surface area contributed by atoms with Gasteiger partial charge in [-0.05, 0) is 37.6 Å². The quantitative estimate of drug-likeness (QED) is 0.719. The SMILES string of the molecule is NCCNC(=O)C1CCCN(CCSc2cc(Cl)ccc2Cl)C1. The molecule has 1 amide bonds. The molecule has 7 heteroatoms. The number of piperidine rings is 1. The largest absolute Gasteiger partial charge is 0.355 e. The van der Waals surface area contributed by atoms with Crippen molar-refractivity contribution in [2.75, 3.05) is 38.5 Å². The zero-order chi connectivity index (χ0) is 16.7. The first-order chi connectivity index (χ1) is 11.1. The number of rotatable bonds is 7. The fourth-order valence-electron chi connectivity index (χ4n) is 2.68. The molecular weight excluding hydrogens is 353 g/mol. The van der Waals surface area contributed by atoms with E-state index in [-0.39, 0.29) is 11.8 Å². The number of amides is 1. The van der Waals surface area contributed by atoms with Gasteiger partial charge in [-0.3, -0.25) is 4.79 Å². The Morgan fingerprint density at radius 2 is 2.26 bits per heavy atom. The van der Waals surface area contributed by atoms with Crippen LogP contribution in [0.25, 0.3) is 0 Å². The number of likely N-dealkylation sites (tertiary alicyclic amines) is 1. The number of hydrogen-bond acceptors (Lipinski definition) is 4. The zero-order valence-electron chi connectivity index (χ0n) is 13.1. The van der Waals surface area contributed by atoms with Gasteiger partial charge in [0.2, 0.25) is 5.91 Å². The van der Waals surface area contributed by atoms with Crippen molar-refractivity contribution in [3.05, 3.63) is 28.2 Å². The summed E-state index contributed by atoms with van der Waals surface area (Å²) in [4.78, 5) is 15.4. The van der Waals surface area contributed by atoms with E-state index in [9.17, 15) is 4.79 Å². The Kier molecular flexibility index (Phi) is 7.99. The lowest BCUT2D eigenvalue weighted by atomic mass is 9.97. The van der Waals surface area contributed by atoms with E-state index in [4.69, 9.17) is 28.9 Å². The maximum absolute atomic E-state index is 12.0. The maximum Gasteiger partial charge on any atom is 0.224 e. The number of nitrogens with one attached hydrogen (secondary N) is 1. The number of hydrogen-bond donors (Lipinski definition) is 2. The van der Waals surface area contributed by atoms with Crippen LogP contribution >= 0.6 is 35.0 Å². The molecule has 2 rings (SSSR count). The molecule has 1 fully saturated rings. The summed E-state index contributed by atoms with van der Waals surface area (Å²) < 4.78 is 0. The Hall–Kier alpha value is -0.460. The molecule has 23 heavy (non-hydrogen) atoms. The van der Waals surface area contributed by atoms with Crippen molar-refractivity contribution in [3.63, 3.8) is 0 Å². The van der Waals surface area contributed by atoms with Crippen molar-refractivity contribution < 1.29 is 4.79 Å². The van der Waals surface area contributed by atoms with Gasteiger partial charge in [0.25, 0.3) is 0 Å². The van der Waals surface area contributed by atoms with Crippen LogP contribution in [-0.4, -0.2) is 49.3 Å². The Morgan fingerprint density at radius 3 is 3.04 bits per heavy atom. The van der Waals surface area contributed by atoms with Gasteiger partial charge in [-0.2, -0.15) is 0 Å². The Balaban J connectivity index is 1.77. The average molecular weight is 376 g/mol. The maximum atomic E-state index is 12.0. The van der Waals surface area contributed by atoms with Gasteiger partial charge in [0, 0.05) is 41.8 Å². The molecule has 3 N–H and O–H groups in total. The van der Waals surface area contributed by atoms with E-state index in [0.717, 1.165) is 48.1 Å². The summed E-state index contributed by atoms with van der Waals surface area (Å²) in [6.45, 7) is 3.84. The number of nitrogens with two attached hydrogens (primary N) is 1. The fourth-order valence-corrected chi connectivity index (χ4v) is 4.19. The highest BCUT2D eigenvalue weighted by atomic mass is 35.5. The van der Waals surface area contributed by atoms with Crippen molar-refractivity contribution in [1.29, 1.82) is 0 Å². The van der Waals surface area contributed by atoms with Crippen molar-refractivity contribution in [2.45, 2.75) is 17.7 Å². The molecule has 1 aliphatic rings. The number of halogens is 2. The normalized spacial score (nSPS) is 18.8. The van der Waals surface area contributed by atoms with Crippen molar-refractivity contribution >= 4 is 40.9 Å². The van der Waals surface area contributed by atoms with E-state index in [1.165, 1.54) is 0 Å². The Labute approximate surface area is 152 Å². The first-order valence-electron chi connectivity index (χ1n) is 7.88. The van der Waals surface area contributed by atoms with E-state index in [2.05, 4.69) is 10.2 Å². The minimum atomic E-state index is 0.0788. The predicted octanol–water partition coefficient (Wildman–Crippen LogP) is 2.87. The molecule has 1 heterocycles. The van der Waals surface area contributed by atoms with Crippen LogP contribution in [0.3, 0.4) is 0 Å². The van der Waals surface area contributed by atoms with Gasteiger partial charge in [-0.1, -0.05) is 23.2 Å². The molecule has 1 aliphatic heterocycles. The Morgan fingerprint density at radius 1 is 1.43 bits per heavy atom. The molecule has 1 saturated heterocycles. The standard InChI is InChI=1S/C16H23Cl2N3OS/c17-13-3-4-14(18)15(10-13)23-9-8-21-7-1-2-12(11-21)16(22)20-6-5-19/h3-4,10,12H,1-2,5-9,11,19H2,(H,20,22). The van der Waals surface area contributed by atoms with E-state index in [1.807, 2.05) is 12.1 Å². The van der Waals surface area contributed by atoms with E-state index < -0.39 is 0 Å². The lowest BCUT2D eigenvalue weighted by Crippen LogP contribution is -2.44. The van der Waals surface area contributed by atoms with Crippen LogP contribution in [0.4, 0.5) is 0 Å². The van der Waals surface area contributed by atoms with Gasteiger partial charge in [-0.25, -0.2) is 0 Å². The predicted molar refractivity (Wildman–Crippen MR) is 98.4 cm³/mol. The second-order valence-electron chi connectivity index (χ2n) is 5.64. The Bertz CT molecular complexity index is 530. The molecule has 128 valence electrons. The van der Waals surface area contributed by atoms with Crippen LogP contribution in [-0.2, 0) is 4.79 Å². The summed E-state index contributed by atoms with van der Waals surface area (Å²) in [5.41, 5.74) is 5.43. The number of nitrogens with zero attached hydrogens (tertiary/aromatic N) is 1. The number of thioether (sulfide) groups is 1. The van der Waals surface area contributed by atoms with E-state index in [1.54, 1.807) is 17.8 Å². The molecule has 1 unspecified atom stereocenters. The van der Waals surface area contributed by atoms with Gasteiger partial charge in [0.1, 0.15) is 0 Å². The van der Waals surface area contributed by atoms with Crippen LogP contribution in [0.5, 0.6) is 0 Å². The van der Waals surface area contributed by atoms with Gasteiger partial charge in [0.05, 0.1) is 10.9 Å². The highest BCUT2D eigenvalue weighted by Gasteiger charge is 2.25. The van der Waals surface area contributed by atoms with Crippen LogP contribution < -0.4 is 11.1 Å². The van der Waals surface area contributed by atoms with Gasteiger partial charge in [-0.15, -0.1) is 11.8 Å². The topological polar surface area (TPSA) is 58.4 Å². The minimum absolute atomic E-state index is 0.0788. The number of benzene rings is 1. The average Bonchev–Trinajstić information content (AvgIpc) is 2.56. The minimum Gasteiger partial charge on any atom is -0.355 e. The van der Waals surface area contributed by atoms with Crippen molar-refractivity contribution in [3.8, 4) is 0 Å². The molecule has 0 radical (unpaired) electrons. The molecule has 1 atom stereocenters. The molecule has 1 aromatic carbocycles. The summed E-state index contributed by atoms with van der Waals surface area (Å²) in [5.74, 6) is 1.14. The monoisotopic (exact) mass is 375 g/mol. The van der Waals surface area contributed by atoms with Crippen molar-refractivity contribution in [2.24, 2.45) is 11.7 Å². The lowest BCUT2D eigenvalue weighted by molar-refractivity contribution is -0.126. The molecule has 4 nitrogen and oxygen atoms in total.